The molecule has 1 aliphatic heterocycles. The maximum Gasteiger partial charge on any atom is 0.226 e. The van der Waals surface area contributed by atoms with E-state index in [1.807, 2.05) is 12.1 Å². The van der Waals surface area contributed by atoms with E-state index in [0.717, 1.165) is 31.2 Å². The zero-order chi connectivity index (χ0) is 11.9. The number of nitrogens with one attached hydrogen (secondary N) is 1. The van der Waals surface area contributed by atoms with Crippen LogP contribution in [0.25, 0.3) is 0 Å². The Morgan fingerprint density at radius 2 is 2.06 bits per heavy atom. The number of amides is 1. The van der Waals surface area contributed by atoms with Crippen molar-refractivity contribution in [3.63, 3.8) is 0 Å². The zero-order valence-electron chi connectivity index (χ0n) is 9.78. The van der Waals surface area contributed by atoms with Crippen LogP contribution in [0, 0.1) is 5.41 Å². The molecule has 3 nitrogen and oxygen atoms in total. The summed E-state index contributed by atoms with van der Waals surface area (Å²) in [5.74, 6) is 0.725. The highest BCUT2D eigenvalue weighted by molar-refractivity contribution is 5.86. The van der Waals surface area contributed by atoms with Crippen molar-refractivity contribution in [1.29, 1.82) is 0 Å². The number of benzene rings is 1. The van der Waals surface area contributed by atoms with Crippen molar-refractivity contribution in [3.8, 4) is 5.75 Å². The van der Waals surface area contributed by atoms with Gasteiger partial charge in [-0.1, -0.05) is 25.0 Å². The van der Waals surface area contributed by atoms with Gasteiger partial charge in [-0.2, -0.15) is 0 Å². The highest BCUT2D eigenvalue weighted by atomic mass is 16.3. The molecule has 17 heavy (non-hydrogen) atoms. The van der Waals surface area contributed by atoms with Crippen LogP contribution in [0.1, 0.15) is 37.2 Å². The van der Waals surface area contributed by atoms with Gasteiger partial charge >= 0.3 is 0 Å². The van der Waals surface area contributed by atoms with E-state index in [0.29, 0.717) is 6.54 Å². The molecule has 0 radical (unpaired) electrons. The Morgan fingerprint density at radius 1 is 1.29 bits per heavy atom. The van der Waals surface area contributed by atoms with Gasteiger partial charge in [0.25, 0.3) is 0 Å². The standard InChI is InChI=1S/C14H17NO2/c16-11-5-3-4-10(8-11)12-9-15-13(17)14(12)6-1-2-7-14/h3-5,8,12,16H,1-2,6-7,9H2,(H,15,17). The predicted octanol–water partition coefficient (Wildman–Crippen LogP) is 2.17. The van der Waals surface area contributed by atoms with E-state index >= 15 is 0 Å². The molecule has 0 aromatic heterocycles. The van der Waals surface area contributed by atoms with Crippen LogP contribution < -0.4 is 5.32 Å². The molecule has 1 saturated carbocycles. The van der Waals surface area contributed by atoms with E-state index in [1.54, 1.807) is 12.1 Å². The topological polar surface area (TPSA) is 49.3 Å². The smallest absolute Gasteiger partial charge is 0.226 e. The van der Waals surface area contributed by atoms with Crippen LogP contribution in [0.4, 0.5) is 0 Å². The van der Waals surface area contributed by atoms with Crippen molar-refractivity contribution >= 4 is 5.91 Å². The van der Waals surface area contributed by atoms with Crippen molar-refractivity contribution in [3.05, 3.63) is 29.8 Å². The molecule has 1 aromatic rings. The molecule has 1 amide bonds. The van der Waals surface area contributed by atoms with Gasteiger partial charge in [0.2, 0.25) is 5.91 Å². The Hall–Kier alpha value is -1.51. The van der Waals surface area contributed by atoms with Crippen LogP contribution in [-0.2, 0) is 4.79 Å². The lowest BCUT2D eigenvalue weighted by molar-refractivity contribution is -0.127. The summed E-state index contributed by atoms with van der Waals surface area (Å²) in [5.41, 5.74) is 0.888. The van der Waals surface area contributed by atoms with E-state index in [1.165, 1.54) is 0 Å². The van der Waals surface area contributed by atoms with Crippen LogP contribution in [0.5, 0.6) is 5.75 Å². The Bertz CT molecular complexity index is 449. The predicted molar refractivity (Wildman–Crippen MR) is 64.8 cm³/mol. The fraction of sp³-hybridized carbons (Fsp3) is 0.500. The summed E-state index contributed by atoms with van der Waals surface area (Å²) in [6, 6.07) is 7.35. The fourth-order valence-corrected chi connectivity index (χ4v) is 3.48. The highest BCUT2D eigenvalue weighted by Crippen LogP contribution is 2.51. The van der Waals surface area contributed by atoms with Gasteiger partial charge in [-0.3, -0.25) is 4.79 Å². The van der Waals surface area contributed by atoms with Crippen LogP contribution in [0.2, 0.25) is 0 Å². The normalized spacial score (nSPS) is 26.4. The Labute approximate surface area is 101 Å². The van der Waals surface area contributed by atoms with Gasteiger partial charge in [0.15, 0.2) is 0 Å². The number of phenolic OH excluding ortho intramolecular Hbond substituents is 1. The minimum absolute atomic E-state index is 0.201. The molecular formula is C14H17NO2. The quantitative estimate of drug-likeness (QED) is 0.778. The molecule has 1 atom stereocenters. The SMILES string of the molecule is O=C1NCC(c2cccc(O)c2)C12CCCC2. The average molecular weight is 231 g/mol. The Balaban J connectivity index is 2.00. The van der Waals surface area contributed by atoms with Gasteiger partial charge in [0, 0.05) is 12.5 Å². The van der Waals surface area contributed by atoms with Crippen LogP contribution in [-0.4, -0.2) is 17.6 Å². The van der Waals surface area contributed by atoms with Gasteiger partial charge in [0.05, 0.1) is 5.41 Å². The maximum atomic E-state index is 12.1. The third-order valence-electron chi connectivity index (χ3n) is 4.35. The molecule has 1 heterocycles. The molecule has 3 heteroatoms. The van der Waals surface area contributed by atoms with Gasteiger partial charge in [-0.25, -0.2) is 0 Å². The fourth-order valence-electron chi connectivity index (χ4n) is 3.48. The number of rotatable bonds is 1. The molecule has 1 unspecified atom stereocenters. The van der Waals surface area contributed by atoms with Crippen molar-refractivity contribution in [2.24, 2.45) is 5.41 Å². The summed E-state index contributed by atoms with van der Waals surface area (Å²) >= 11 is 0. The molecule has 0 bridgehead atoms. The monoisotopic (exact) mass is 231 g/mol. The first kappa shape index (κ1) is 10.6. The largest absolute Gasteiger partial charge is 0.508 e. The van der Waals surface area contributed by atoms with Gasteiger partial charge in [-0.15, -0.1) is 0 Å². The Kier molecular flexibility index (Phi) is 2.35. The molecule has 1 saturated heterocycles. The second-order valence-corrected chi connectivity index (χ2v) is 5.22. The first-order valence-corrected chi connectivity index (χ1v) is 6.30. The van der Waals surface area contributed by atoms with E-state index in [9.17, 15) is 9.90 Å². The summed E-state index contributed by atoms with van der Waals surface area (Å²) in [5, 5.41) is 12.6. The highest BCUT2D eigenvalue weighted by Gasteiger charge is 2.51. The number of carbonyl (C=O) groups is 1. The van der Waals surface area contributed by atoms with Crippen LogP contribution in [0.15, 0.2) is 24.3 Å². The molecule has 2 aliphatic rings. The first-order valence-electron chi connectivity index (χ1n) is 6.30. The molecule has 1 spiro atoms. The molecule has 1 aliphatic carbocycles. The van der Waals surface area contributed by atoms with E-state index in [2.05, 4.69) is 5.32 Å². The third kappa shape index (κ3) is 1.53. The maximum absolute atomic E-state index is 12.1. The van der Waals surface area contributed by atoms with E-state index < -0.39 is 0 Å². The summed E-state index contributed by atoms with van der Waals surface area (Å²) in [6.07, 6.45) is 4.25. The lowest BCUT2D eigenvalue weighted by atomic mass is 9.73. The number of phenols is 1. The number of hydrogen-bond acceptors (Lipinski definition) is 2. The second-order valence-electron chi connectivity index (χ2n) is 5.22. The minimum atomic E-state index is -0.201. The zero-order valence-corrected chi connectivity index (χ0v) is 9.78. The molecular weight excluding hydrogens is 214 g/mol. The van der Waals surface area contributed by atoms with Crippen molar-refractivity contribution < 1.29 is 9.90 Å². The van der Waals surface area contributed by atoms with Gasteiger partial charge in [-0.05, 0) is 30.5 Å². The summed E-state index contributed by atoms with van der Waals surface area (Å²) in [4.78, 5) is 12.1. The van der Waals surface area contributed by atoms with Crippen molar-refractivity contribution in [2.75, 3.05) is 6.54 Å². The first-order chi connectivity index (χ1) is 8.22. The summed E-state index contributed by atoms with van der Waals surface area (Å²) in [7, 11) is 0. The summed E-state index contributed by atoms with van der Waals surface area (Å²) < 4.78 is 0. The minimum Gasteiger partial charge on any atom is -0.508 e. The average Bonchev–Trinajstić information content (AvgIpc) is 2.90. The lowest BCUT2D eigenvalue weighted by Gasteiger charge is -2.27. The Morgan fingerprint density at radius 3 is 2.76 bits per heavy atom. The van der Waals surface area contributed by atoms with Crippen LogP contribution in [0.3, 0.4) is 0 Å². The van der Waals surface area contributed by atoms with E-state index in [4.69, 9.17) is 0 Å². The van der Waals surface area contributed by atoms with Gasteiger partial charge < -0.3 is 10.4 Å². The van der Waals surface area contributed by atoms with Gasteiger partial charge in [0.1, 0.15) is 5.75 Å². The van der Waals surface area contributed by atoms with E-state index in [-0.39, 0.29) is 23.0 Å². The van der Waals surface area contributed by atoms with Crippen molar-refractivity contribution in [2.45, 2.75) is 31.6 Å². The lowest BCUT2D eigenvalue weighted by Crippen LogP contribution is -2.31. The molecule has 2 fully saturated rings. The molecule has 90 valence electrons. The number of carbonyl (C=O) groups excluding carboxylic acids is 1. The number of hydrogen-bond donors (Lipinski definition) is 2. The van der Waals surface area contributed by atoms with Crippen molar-refractivity contribution in [1.82, 2.24) is 5.32 Å². The second kappa shape index (κ2) is 3.76. The number of aromatic hydroxyl groups is 1. The van der Waals surface area contributed by atoms with Crippen LogP contribution >= 0.6 is 0 Å². The third-order valence-corrected chi connectivity index (χ3v) is 4.35. The molecule has 3 rings (SSSR count). The summed E-state index contributed by atoms with van der Waals surface area (Å²) in [6.45, 7) is 0.711. The molecule has 2 N–H and O–H groups in total. The molecule has 1 aromatic carbocycles.